The van der Waals surface area contributed by atoms with Crippen LogP contribution in [0.2, 0.25) is 0 Å². The number of para-hydroxylation sites is 1. The molecule has 0 spiro atoms. The molecule has 3 amide bonds. The van der Waals surface area contributed by atoms with E-state index in [0.717, 1.165) is 5.56 Å². The number of nitrogens with zero attached hydrogens (tertiary/aromatic N) is 2. The number of hydrogen-bond acceptors (Lipinski definition) is 6. The van der Waals surface area contributed by atoms with Gasteiger partial charge in [0, 0.05) is 5.56 Å². The summed E-state index contributed by atoms with van der Waals surface area (Å²) in [5.41, 5.74) is 1.50. The zero-order chi connectivity index (χ0) is 21.1. The van der Waals surface area contributed by atoms with E-state index in [1.54, 1.807) is 55.6 Å². The Morgan fingerprint density at radius 1 is 1.13 bits per heavy atom. The van der Waals surface area contributed by atoms with Gasteiger partial charge in [-0.3, -0.25) is 24.8 Å². The number of carbonyl (C=O) groups is 3. The zero-order valence-electron chi connectivity index (χ0n) is 15.9. The number of carbonyl (C=O) groups excluding carboxylic acids is 3. The van der Waals surface area contributed by atoms with Crippen molar-refractivity contribution in [3.8, 4) is 17.1 Å². The lowest BCUT2D eigenvalue weighted by atomic mass is 10.1. The molecule has 0 bridgehead atoms. The maximum atomic E-state index is 12.4. The van der Waals surface area contributed by atoms with Crippen molar-refractivity contribution in [2.45, 2.75) is 12.5 Å². The van der Waals surface area contributed by atoms with Crippen LogP contribution < -0.4 is 20.7 Å². The highest BCUT2D eigenvalue weighted by atomic mass is 16.5. The number of fused-ring (bicyclic) bond motifs is 1. The molecule has 10 heteroatoms. The molecule has 1 atom stereocenters. The third-order valence-electron chi connectivity index (χ3n) is 4.54. The van der Waals surface area contributed by atoms with Crippen molar-refractivity contribution in [1.29, 1.82) is 0 Å². The molecule has 0 radical (unpaired) electrons. The summed E-state index contributed by atoms with van der Waals surface area (Å²) in [5.74, 6) is -0.184. The number of methoxy groups -OCH3 is 1. The molecule has 1 aliphatic rings. The first-order valence-corrected chi connectivity index (χ1v) is 9.11. The van der Waals surface area contributed by atoms with Crippen LogP contribution in [0.5, 0.6) is 5.75 Å². The van der Waals surface area contributed by atoms with Gasteiger partial charge in [-0.1, -0.05) is 12.1 Å². The molecular weight excluding hydrogens is 388 g/mol. The second kappa shape index (κ2) is 8.03. The van der Waals surface area contributed by atoms with Gasteiger partial charge in [-0.2, -0.15) is 4.98 Å². The van der Waals surface area contributed by atoms with Crippen LogP contribution in [0, 0.1) is 0 Å². The van der Waals surface area contributed by atoms with Gasteiger partial charge in [-0.05, 0) is 36.4 Å². The molecule has 4 N–H and O–H groups in total. The van der Waals surface area contributed by atoms with Crippen molar-refractivity contribution in [1.82, 2.24) is 20.5 Å². The van der Waals surface area contributed by atoms with Crippen molar-refractivity contribution in [2.24, 2.45) is 0 Å². The molecule has 0 saturated heterocycles. The number of benzene rings is 2. The minimum atomic E-state index is -1.02. The van der Waals surface area contributed by atoms with Gasteiger partial charge in [0.1, 0.15) is 11.8 Å². The van der Waals surface area contributed by atoms with Gasteiger partial charge in [0.25, 0.3) is 5.91 Å². The molecule has 2 heterocycles. The molecular formula is C20H18N6O4. The molecule has 30 heavy (non-hydrogen) atoms. The average molecular weight is 406 g/mol. The third kappa shape index (κ3) is 3.97. The summed E-state index contributed by atoms with van der Waals surface area (Å²) in [6.07, 6.45) is -0.266. The molecule has 4 rings (SSSR count). The molecule has 2 aromatic carbocycles. The number of nitrogens with one attached hydrogen (secondary N) is 4. The van der Waals surface area contributed by atoms with Gasteiger partial charge in [0.2, 0.25) is 17.8 Å². The largest absolute Gasteiger partial charge is 0.497 e. The molecule has 0 fully saturated rings. The molecule has 152 valence electrons. The number of ether oxygens (including phenoxy) is 1. The Kier molecular flexibility index (Phi) is 5.12. The standard InChI is InChI=1S/C20H18N6O4/c1-30-12-8-6-11(7-9-12)17-24-20(26-25-17)23-16(27)10-15-19(29)21-14-5-3-2-4-13(14)18(28)22-15/h2-9,15H,10H2,1H3,(H,21,29)(H,22,28)(H2,23,24,25,26,27). The summed E-state index contributed by atoms with van der Waals surface area (Å²) >= 11 is 0. The van der Waals surface area contributed by atoms with E-state index in [2.05, 4.69) is 31.1 Å². The Hall–Kier alpha value is -4.21. The van der Waals surface area contributed by atoms with Crippen LogP contribution in [0.1, 0.15) is 16.8 Å². The molecule has 1 aromatic heterocycles. The Morgan fingerprint density at radius 2 is 1.90 bits per heavy atom. The van der Waals surface area contributed by atoms with E-state index in [4.69, 9.17) is 4.74 Å². The van der Waals surface area contributed by atoms with Crippen LogP contribution in [0.3, 0.4) is 0 Å². The fraction of sp³-hybridized carbons (Fsp3) is 0.150. The fourth-order valence-corrected chi connectivity index (χ4v) is 3.01. The molecule has 3 aromatic rings. The van der Waals surface area contributed by atoms with E-state index in [-0.39, 0.29) is 12.4 Å². The number of aromatic amines is 1. The smallest absolute Gasteiger partial charge is 0.254 e. The summed E-state index contributed by atoms with van der Waals surface area (Å²) in [6, 6.07) is 12.8. The number of aromatic nitrogens is 3. The summed E-state index contributed by atoms with van der Waals surface area (Å²) in [4.78, 5) is 41.4. The lowest BCUT2D eigenvalue weighted by Gasteiger charge is -2.13. The van der Waals surface area contributed by atoms with Gasteiger partial charge >= 0.3 is 0 Å². The van der Waals surface area contributed by atoms with Crippen LogP contribution >= 0.6 is 0 Å². The van der Waals surface area contributed by atoms with Crippen LogP contribution in [-0.2, 0) is 9.59 Å². The van der Waals surface area contributed by atoms with Gasteiger partial charge in [-0.25, -0.2) is 0 Å². The van der Waals surface area contributed by atoms with Gasteiger partial charge < -0.3 is 15.4 Å². The van der Waals surface area contributed by atoms with Gasteiger partial charge in [-0.15, -0.1) is 5.10 Å². The summed E-state index contributed by atoms with van der Waals surface area (Å²) < 4.78 is 5.12. The van der Waals surface area contributed by atoms with Crippen molar-refractivity contribution < 1.29 is 19.1 Å². The fourth-order valence-electron chi connectivity index (χ4n) is 3.01. The van der Waals surface area contributed by atoms with E-state index < -0.39 is 23.8 Å². The number of amides is 3. The number of H-pyrrole nitrogens is 1. The van der Waals surface area contributed by atoms with Crippen LogP contribution in [0.25, 0.3) is 11.4 Å². The van der Waals surface area contributed by atoms with E-state index >= 15 is 0 Å². The Labute approximate surface area is 171 Å². The molecule has 10 nitrogen and oxygen atoms in total. The minimum Gasteiger partial charge on any atom is -0.497 e. The maximum absolute atomic E-state index is 12.4. The number of rotatable bonds is 5. The van der Waals surface area contributed by atoms with Gasteiger partial charge in [0.05, 0.1) is 24.8 Å². The Bertz CT molecular complexity index is 1110. The van der Waals surface area contributed by atoms with Crippen LogP contribution in [0.4, 0.5) is 11.6 Å². The first-order chi connectivity index (χ1) is 14.5. The number of anilines is 2. The molecule has 0 saturated carbocycles. The SMILES string of the molecule is COc1ccc(-c2nc(NC(=O)CC3NC(=O)c4ccccc4NC3=O)n[nH]2)cc1. The highest BCUT2D eigenvalue weighted by molar-refractivity contribution is 6.11. The summed E-state index contributed by atoms with van der Waals surface area (Å²) in [7, 11) is 1.58. The van der Waals surface area contributed by atoms with Crippen molar-refractivity contribution >= 4 is 29.4 Å². The topological polar surface area (TPSA) is 138 Å². The average Bonchev–Trinajstić information content (AvgIpc) is 3.17. The first kappa shape index (κ1) is 19.1. The van der Waals surface area contributed by atoms with Crippen molar-refractivity contribution in [3.05, 3.63) is 54.1 Å². The third-order valence-corrected chi connectivity index (χ3v) is 4.54. The predicted molar refractivity (Wildman–Crippen MR) is 108 cm³/mol. The second-order valence-corrected chi connectivity index (χ2v) is 6.55. The minimum absolute atomic E-state index is 0.0643. The van der Waals surface area contributed by atoms with E-state index in [0.29, 0.717) is 22.8 Å². The zero-order valence-corrected chi connectivity index (χ0v) is 15.9. The molecule has 0 aliphatic carbocycles. The first-order valence-electron chi connectivity index (χ1n) is 9.11. The highest BCUT2D eigenvalue weighted by Crippen LogP contribution is 2.21. The van der Waals surface area contributed by atoms with Crippen molar-refractivity contribution in [2.75, 3.05) is 17.7 Å². The monoisotopic (exact) mass is 406 g/mol. The lowest BCUT2D eigenvalue weighted by Crippen LogP contribution is -2.43. The van der Waals surface area contributed by atoms with E-state index in [9.17, 15) is 14.4 Å². The highest BCUT2D eigenvalue weighted by Gasteiger charge is 2.29. The van der Waals surface area contributed by atoms with Crippen LogP contribution in [0.15, 0.2) is 48.5 Å². The molecule has 1 aliphatic heterocycles. The van der Waals surface area contributed by atoms with Gasteiger partial charge in [0.15, 0.2) is 5.82 Å². The van der Waals surface area contributed by atoms with E-state index in [1.807, 2.05) is 0 Å². The summed E-state index contributed by atoms with van der Waals surface area (Å²) in [6.45, 7) is 0. The van der Waals surface area contributed by atoms with E-state index in [1.165, 1.54) is 0 Å². The van der Waals surface area contributed by atoms with Crippen molar-refractivity contribution in [3.63, 3.8) is 0 Å². The van der Waals surface area contributed by atoms with Crippen LogP contribution in [-0.4, -0.2) is 46.1 Å². The molecule has 1 unspecified atom stereocenters. The predicted octanol–water partition coefficient (Wildman–Crippen LogP) is 1.56. The lowest BCUT2D eigenvalue weighted by molar-refractivity contribution is -0.122. The maximum Gasteiger partial charge on any atom is 0.254 e. The Morgan fingerprint density at radius 3 is 2.67 bits per heavy atom. The second-order valence-electron chi connectivity index (χ2n) is 6.55. The quantitative estimate of drug-likeness (QED) is 0.507. The Balaban J connectivity index is 1.41. The number of hydrogen-bond donors (Lipinski definition) is 4. The normalized spacial score (nSPS) is 15.4. The summed E-state index contributed by atoms with van der Waals surface area (Å²) in [5, 5.41) is 14.5.